The van der Waals surface area contributed by atoms with Crippen LogP contribution in [0.4, 0.5) is 5.69 Å². The second kappa shape index (κ2) is 7.23. The zero-order chi connectivity index (χ0) is 17.0. The van der Waals surface area contributed by atoms with E-state index in [1.54, 1.807) is 30.3 Å². The maximum Gasteiger partial charge on any atom is 0.264 e. The van der Waals surface area contributed by atoms with E-state index < -0.39 is 10.0 Å². The molecule has 0 N–H and O–H groups in total. The first-order valence-electron chi connectivity index (χ1n) is 6.95. The lowest BCUT2D eigenvalue weighted by molar-refractivity contribution is 0.340. The van der Waals surface area contributed by atoms with Gasteiger partial charge in [0.1, 0.15) is 11.5 Å². The van der Waals surface area contributed by atoms with Crippen molar-refractivity contribution >= 4 is 31.6 Å². The summed E-state index contributed by atoms with van der Waals surface area (Å²) < 4.78 is 37.8. The van der Waals surface area contributed by atoms with Gasteiger partial charge in [-0.25, -0.2) is 8.42 Å². The molecule has 0 saturated carbocycles. The molecule has 0 heterocycles. The molecule has 2 aromatic rings. The molecular weight excluding hydrogens is 382 g/mol. The van der Waals surface area contributed by atoms with Gasteiger partial charge in [-0.1, -0.05) is 0 Å². The summed E-state index contributed by atoms with van der Waals surface area (Å²) >= 11 is 3.31. The first-order valence-corrected chi connectivity index (χ1v) is 9.18. The first-order chi connectivity index (χ1) is 10.9. The van der Waals surface area contributed by atoms with Gasteiger partial charge in [0.15, 0.2) is 0 Å². The fourth-order valence-electron chi connectivity index (χ4n) is 2.02. The highest BCUT2D eigenvalue weighted by molar-refractivity contribution is 9.10. The molecule has 0 amide bonds. The number of benzene rings is 2. The van der Waals surface area contributed by atoms with Gasteiger partial charge in [-0.05, 0) is 65.3 Å². The highest BCUT2D eigenvalue weighted by Gasteiger charge is 2.22. The van der Waals surface area contributed by atoms with Crippen LogP contribution in [0.5, 0.6) is 11.5 Å². The van der Waals surface area contributed by atoms with Gasteiger partial charge in [-0.2, -0.15) is 0 Å². The molecule has 0 radical (unpaired) electrons. The van der Waals surface area contributed by atoms with Gasteiger partial charge in [0.25, 0.3) is 10.0 Å². The maximum absolute atomic E-state index is 12.7. The third kappa shape index (κ3) is 3.79. The van der Waals surface area contributed by atoms with Crippen LogP contribution >= 0.6 is 15.9 Å². The van der Waals surface area contributed by atoms with E-state index in [1.165, 1.54) is 30.6 Å². The Morgan fingerprint density at radius 2 is 1.78 bits per heavy atom. The van der Waals surface area contributed by atoms with E-state index in [1.807, 2.05) is 6.92 Å². The Morgan fingerprint density at radius 3 is 2.30 bits per heavy atom. The molecule has 5 nitrogen and oxygen atoms in total. The van der Waals surface area contributed by atoms with Crippen molar-refractivity contribution in [1.82, 2.24) is 0 Å². The summed E-state index contributed by atoms with van der Waals surface area (Å²) in [5.41, 5.74) is 0.556. The van der Waals surface area contributed by atoms with Gasteiger partial charge in [-0.3, -0.25) is 4.31 Å². The second-order valence-electron chi connectivity index (χ2n) is 4.70. The van der Waals surface area contributed by atoms with Gasteiger partial charge >= 0.3 is 0 Å². The lowest BCUT2D eigenvalue weighted by atomic mass is 10.3. The standard InChI is InChI=1S/C16H18BrNO4S/c1-4-22-13-7-5-12(6-8-13)18(2)23(19,20)14-9-10-16(21-3)15(17)11-14/h5-11H,4H2,1-3H3. The van der Waals surface area contributed by atoms with E-state index in [-0.39, 0.29) is 4.90 Å². The quantitative estimate of drug-likeness (QED) is 0.743. The Hall–Kier alpha value is -1.73. The Balaban J connectivity index is 2.32. The van der Waals surface area contributed by atoms with Gasteiger partial charge in [0.2, 0.25) is 0 Å². The monoisotopic (exact) mass is 399 g/mol. The zero-order valence-electron chi connectivity index (χ0n) is 13.1. The number of ether oxygens (including phenoxy) is 2. The number of rotatable bonds is 6. The van der Waals surface area contributed by atoms with Crippen molar-refractivity contribution < 1.29 is 17.9 Å². The van der Waals surface area contributed by atoms with Crippen molar-refractivity contribution in [2.75, 3.05) is 25.1 Å². The molecule has 0 fully saturated rings. The molecule has 2 aromatic carbocycles. The second-order valence-corrected chi connectivity index (χ2v) is 7.52. The number of hydrogen-bond acceptors (Lipinski definition) is 4. The lowest BCUT2D eigenvalue weighted by Crippen LogP contribution is -2.26. The van der Waals surface area contributed by atoms with Crippen LogP contribution in [0.3, 0.4) is 0 Å². The van der Waals surface area contributed by atoms with Crippen molar-refractivity contribution in [3.05, 3.63) is 46.9 Å². The molecule has 0 spiro atoms. The normalized spacial score (nSPS) is 11.1. The van der Waals surface area contributed by atoms with Crippen molar-refractivity contribution in [3.63, 3.8) is 0 Å². The zero-order valence-corrected chi connectivity index (χ0v) is 15.5. The summed E-state index contributed by atoms with van der Waals surface area (Å²) in [5, 5.41) is 0. The highest BCUT2D eigenvalue weighted by atomic mass is 79.9. The van der Waals surface area contributed by atoms with Crippen molar-refractivity contribution in [2.45, 2.75) is 11.8 Å². The molecule has 0 aromatic heterocycles. The van der Waals surface area contributed by atoms with E-state index in [0.29, 0.717) is 28.3 Å². The largest absolute Gasteiger partial charge is 0.496 e. The molecule has 0 atom stereocenters. The molecule has 0 saturated heterocycles. The minimum Gasteiger partial charge on any atom is -0.496 e. The fraction of sp³-hybridized carbons (Fsp3) is 0.250. The minimum absolute atomic E-state index is 0.182. The minimum atomic E-state index is -3.66. The van der Waals surface area contributed by atoms with Crippen LogP contribution in [0, 0.1) is 0 Å². The number of hydrogen-bond donors (Lipinski definition) is 0. The van der Waals surface area contributed by atoms with Crippen molar-refractivity contribution in [3.8, 4) is 11.5 Å². The molecule has 0 aliphatic heterocycles. The number of halogens is 1. The molecule has 0 unspecified atom stereocenters. The number of anilines is 1. The van der Waals surface area contributed by atoms with Crippen molar-refractivity contribution in [1.29, 1.82) is 0 Å². The van der Waals surface area contributed by atoms with Crippen LogP contribution < -0.4 is 13.8 Å². The van der Waals surface area contributed by atoms with E-state index >= 15 is 0 Å². The van der Waals surface area contributed by atoms with E-state index in [0.717, 1.165) is 0 Å². The highest BCUT2D eigenvalue weighted by Crippen LogP contribution is 2.30. The Morgan fingerprint density at radius 1 is 1.13 bits per heavy atom. The predicted octanol–water partition coefficient (Wildman–Crippen LogP) is 3.68. The van der Waals surface area contributed by atoms with E-state index in [2.05, 4.69) is 15.9 Å². The fourth-order valence-corrected chi connectivity index (χ4v) is 3.94. The Bertz CT molecular complexity index is 775. The molecule has 23 heavy (non-hydrogen) atoms. The Labute approximate surface area is 145 Å². The summed E-state index contributed by atoms with van der Waals surface area (Å²) in [5.74, 6) is 1.28. The van der Waals surface area contributed by atoms with E-state index in [4.69, 9.17) is 9.47 Å². The van der Waals surface area contributed by atoms with Gasteiger partial charge in [0, 0.05) is 7.05 Å². The molecule has 124 valence electrons. The van der Waals surface area contributed by atoms with Gasteiger partial charge in [-0.15, -0.1) is 0 Å². The van der Waals surface area contributed by atoms with Gasteiger partial charge < -0.3 is 9.47 Å². The molecule has 2 rings (SSSR count). The third-order valence-electron chi connectivity index (χ3n) is 3.29. The van der Waals surface area contributed by atoms with Crippen LogP contribution in [0.15, 0.2) is 51.8 Å². The summed E-state index contributed by atoms with van der Waals surface area (Å²) in [4.78, 5) is 0.182. The summed E-state index contributed by atoms with van der Waals surface area (Å²) in [6, 6.07) is 11.6. The van der Waals surface area contributed by atoms with E-state index in [9.17, 15) is 8.42 Å². The van der Waals surface area contributed by atoms with Crippen LogP contribution in [0.25, 0.3) is 0 Å². The molecule has 0 aliphatic rings. The average Bonchev–Trinajstić information content (AvgIpc) is 2.55. The van der Waals surface area contributed by atoms with Crippen LogP contribution in [0.1, 0.15) is 6.92 Å². The molecule has 0 bridgehead atoms. The van der Waals surface area contributed by atoms with Crippen LogP contribution in [-0.4, -0.2) is 29.2 Å². The summed E-state index contributed by atoms with van der Waals surface area (Å²) in [6.07, 6.45) is 0. The van der Waals surface area contributed by atoms with Crippen LogP contribution in [-0.2, 0) is 10.0 Å². The smallest absolute Gasteiger partial charge is 0.264 e. The third-order valence-corrected chi connectivity index (χ3v) is 5.69. The SMILES string of the molecule is CCOc1ccc(N(C)S(=O)(=O)c2ccc(OC)c(Br)c2)cc1. The summed E-state index contributed by atoms with van der Waals surface area (Å²) in [6.45, 7) is 2.46. The first kappa shape index (κ1) is 17.6. The average molecular weight is 400 g/mol. The van der Waals surface area contributed by atoms with Crippen molar-refractivity contribution in [2.24, 2.45) is 0 Å². The molecular formula is C16H18BrNO4S. The molecule has 7 heteroatoms. The maximum atomic E-state index is 12.7. The molecule has 0 aliphatic carbocycles. The number of sulfonamides is 1. The number of nitrogens with zero attached hydrogens (tertiary/aromatic N) is 1. The lowest BCUT2D eigenvalue weighted by Gasteiger charge is -2.20. The number of methoxy groups -OCH3 is 1. The predicted molar refractivity (Wildman–Crippen MR) is 93.9 cm³/mol. The van der Waals surface area contributed by atoms with Gasteiger partial charge in [0.05, 0.1) is 28.8 Å². The van der Waals surface area contributed by atoms with Crippen LogP contribution in [0.2, 0.25) is 0 Å². The summed E-state index contributed by atoms with van der Waals surface area (Å²) in [7, 11) is -0.613. The Kier molecular flexibility index (Phi) is 5.54. The topological polar surface area (TPSA) is 55.8 Å².